The lowest BCUT2D eigenvalue weighted by Gasteiger charge is -2.08. The lowest BCUT2D eigenvalue weighted by atomic mass is 10.0. The minimum absolute atomic E-state index is 0.503. The van der Waals surface area contributed by atoms with Crippen molar-refractivity contribution >= 4 is 6.29 Å². The van der Waals surface area contributed by atoms with Gasteiger partial charge in [0.2, 0.25) is 0 Å². The first-order valence-corrected chi connectivity index (χ1v) is 9.08. The van der Waals surface area contributed by atoms with E-state index >= 15 is 0 Å². The standard InChI is InChI=1S/C23H19N3O2/c1-2-28-20-9-8-18(14-19(20)15-27)22-21(16-10-12-24-13-11-16)25-23(26-22)17-6-4-3-5-7-17/h3-15H,2H2,1H3,(H,25,26). The highest BCUT2D eigenvalue weighted by atomic mass is 16.5. The molecule has 2 aromatic heterocycles. The van der Waals surface area contributed by atoms with Gasteiger partial charge in [-0.2, -0.15) is 0 Å². The Morgan fingerprint density at radius 3 is 2.46 bits per heavy atom. The molecule has 0 fully saturated rings. The van der Waals surface area contributed by atoms with Crippen LogP contribution in [0.1, 0.15) is 17.3 Å². The fourth-order valence-corrected chi connectivity index (χ4v) is 3.12. The topological polar surface area (TPSA) is 67.9 Å². The Labute approximate surface area is 163 Å². The van der Waals surface area contributed by atoms with Crippen LogP contribution in [-0.4, -0.2) is 27.8 Å². The Hall–Kier alpha value is -3.73. The molecule has 4 rings (SSSR count). The normalized spacial score (nSPS) is 10.6. The molecule has 0 saturated heterocycles. The van der Waals surface area contributed by atoms with Crippen molar-refractivity contribution in [2.24, 2.45) is 0 Å². The van der Waals surface area contributed by atoms with E-state index in [2.05, 4.69) is 9.97 Å². The van der Waals surface area contributed by atoms with E-state index in [0.717, 1.165) is 40.2 Å². The Morgan fingerprint density at radius 2 is 1.75 bits per heavy atom. The lowest BCUT2D eigenvalue weighted by molar-refractivity contribution is 0.112. The summed E-state index contributed by atoms with van der Waals surface area (Å²) < 4.78 is 5.54. The van der Waals surface area contributed by atoms with Gasteiger partial charge in [-0.15, -0.1) is 0 Å². The quantitative estimate of drug-likeness (QED) is 0.485. The van der Waals surface area contributed by atoms with Gasteiger partial charge in [-0.1, -0.05) is 30.3 Å². The second-order valence-corrected chi connectivity index (χ2v) is 6.21. The predicted octanol–water partition coefficient (Wildman–Crippen LogP) is 5.02. The minimum atomic E-state index is 0.503. The fourth-order valence-electron chi connectivity index (χ4n) is 3.12. The van der Waals surface area contributed by atoms with Crippen LogP contribution >= 0.6 is 0 Å². The van der Waals surface area contributed by atoms with Crippen LogP contribution in [0.5, 0.6) is 5.75 Å². The molecule has 28 heavy (non-hydrogen) atoms. The summed E-state index contributed by atoms with van der Waals surface area (Å²) in [6.07, 6.45) is 4.31. The molecule has 2 heterocycles. The summed E-state index contributed by atoms with van der Waals surface area (Å²) in [6, 6.07) is 19.4. The van der Waals surface area contributed by atoms with E-state index in [0.29, 0.717) is 17.9 Å². The highest BCUT2D eigenvalue weighted by Gasteiger charge is 2.16. The summed E-state index contributed by atoms with van der Waals surface area (Å²) in [7, 11) is 0. The molecular weight excluding hydrogens is 350 g/mol. The number of H-pyrrole nitrogens is 1. The number of carbonyl (C=O) groups is 1. The van der Waals surface area contributed by atoms with Crippen LogP contribution in [0.2, 0.25) is 0 Å². The number of carbonyl (C=O) groups excluding carboxylic acids is 1. The maximum atomic E-state index is 11.6. The number of benzene rings is 2. The Balaban J connectivity index is 1.88. The number of nitrogens with one attached hydrogen (secondary N) is 1. The number of rotatable bonds is 6. The molecular formula is C23H19N3O2. The van der Waals surface area contributed by atoms with E-state index in [9.17, 15) is 4.79 Å². The van der Waals surface area contributed by atoms with Gasteiger partial charge in [0.1, 0.15) is 11.6 Å². The number of aromatic nitrogens is 3. The molecule has 0 aliphatic rings. The van der Waals surface area contributed by atoms with Gasteiger partial charge in [-0.05, 0) is 37.3 Å². The summed E-state index contributed by atoms with van der Waals surface area (Å²) in [5, 5.41) is 0. The summed E-state index contributed by atoms with van der Waals surface area (Å²) in [5.41, 5.74) is 4.96. The van der Waals surface area contributed by atoms with Crippen molar-refractivity contribution in [1.29, 1.82) is 0 Å². The third-order valence-electron chi connectivity index (χ3n) is 4.43. The largest absolute Gasteiger partial charge is 0.493 e. The third kappa shape index (κ3) is 3.42. The number of hydrogen-bond acceptors (Lipinski definition) is 4. The van der Waals surface area contributed by atoms with Gasteiger partial charge in [0.25, 0.3) is 0 Å². The molecule has 0 atom stereocenters. The number of nitrogens with zero attached hydrogens (tertiary/aromatic N) is 2. The molecule has 0 aliphatic heterocycles. The van der Waals surface area contributed by atoms with Gasteiger partial charge >= 0.3 is 0 Å². The zero-order chi connectivity index (χ0) is 19.3. The van der Waals surface area contributed by atoms with E-state index in [-0.39, 0.29) is 0 Å². The average Bonchev–Trinajstić information content (AvgIpc) is 3.21. The maximum absolute atomic E-state index is 11.6. The zero-order valence-electron chi connectivity index (χ0n) is 15.4. The average molecular weight is 369 g/mol. The van der Waals surface area contributed by atoms with Crippen molar-refractivity contribution < 1.29 is 9.53 Å². The molecule has 138 valence electrons. The van der Waals surface area contributed by atoms with Crippen molar-refractivity contribution in [2.75, 3.05) is 6.61 Å². The van der Waals surface area contributed by atoms with Crippen LogP contribution in [0.3, 0.4) is 0 Å². The molecule has 0 aliphatic carbocycles. The number of hydrogen-bond donors (Lipinski definition) is 1. The second kappa shape index (κ2) is 7.88. The summed E-state index contributed by atoms with van der Waals surface area (Å²) in [4.78, 5) is 23.9. The van der Waals surface area contributed by atoms with Gasteiger partial charge in [-0.25, -0.2) is 4.98 Å². The Bertz CT molecular complexity index is 1090. The van der Waals surface area contributed by atoms with E-state index < -0.39 is 0 Å². The first-order chi connectivity index (χ1) is 13.8. The highest BCUT2D eigenvalue weighted by molar-refractivity contribution is 5.86. The summed E-state index contributed by atoms with van der Waals surface area (Å²) >= 11 is 0. The first-order valence-electron chi connectivity index (χ1n) is 9.08. The molecule has 0 amide bonds. The van der Waals surface area contributed by atoms with Crippen molar-refractivity contribution in [3.05, 3.63) is 78.6 Å². The lowest BCUT2D eigenvalue weighted by Crippen LogP contribution is -1.96. The van der Waals surface area contributed by atoms with Crippen LogP contribution in [0.15, 0.2) is 73.1 Å². The fraction of sp³-hybridized carbons (Fsp3) is 0.0870. The van der Waals surface area contributed by atoms with E-state index in [1.165, 1.54) is 0 Å². The first kappa shape index (κ1) is 17.7. The second-order valence-electron chi connectivity index (χ2n) is 6.21. The van der Waals surface area contributed by atoms with Gasteiger partial charge in [0.15, 0.2) is 6.29 Å². The molecule has 2 aromatic carbocycles. The van der Waals surface area contributed by atoms with Crippen molar-refractivity contribution in [3.63, 3.8) is 0 Å². The molecule has 0 bridgehead atoms. The van der Waals surface area contributed by atoms with E-state index in [4.69, 9.17) is 9.72 Å². The Morgan fingerprint density at radius 1 is 0.964 bits per heavy atom. The number of pyridine rings is 1. The Kier molecular flexibility index (Phi) is 4.97. The number of imidazole rings is 1. The van der Waals surface area contributed by atoms with Gasteiger partial charge in [0.05, 0.1) is 23.6 Å². The molecule has 0 unspecified atom stereocenters. The van der Waals surface area contributed by atoms with Gasteiger partial charge in [0, 0.05) is 29.1 Å². The molecule has 0 spiro atoms. The molecule has 1 N–H and O–H groups in total. The number of aldehydes is 1. The van der Waals surface area contributed by atoms with Crippen LogP contribution in [0.25, 0.3) is 33.9 Å². The maximum Gasteiger partial charge on any atom is 0.153 e. The van der Waals surface area contributed by atoms with Crippen LogP contribution in [0.4, 0.5) is 0 Å². The van der Waals surface area contributed by atoms with E-state index in [1.54, 1.807) is 12.4 Å². The molecule has 4 aromatic rings. The van der Waals surface area contributed by atoms with Crippen molar-refractivity contribution in [2.45, 2.75) is 6.92 Å². The monoisotopic (exact) mass is 369 g/mol. The SMILES string of the molecule is CCOc1ccc(-c2nc(-c3ccccc3)[nH]c2-c2ccncc2)cc1C=O. The molecule has 5 nitrogen and oxygen atoms in total. The summed E-state index contributed by atoms with van der Waals surface area (Å²) in [6.45, 7) is 2.40. The minimum Gasteiger partial charge on any atom is -0.493 e. The van der Waals surface area contributed by atoms with Crippen molar-refractivity contribution in [1.82, 2.24) is 15.0 Å². The van der Waals surface area contributed by atoms with Crippen LogP contribution in [-0.2, 0) is 0 Å². The van der Waals surface area contributed by atoms with Crippen LogP contribution in [0, 0.1) is 0 Å². The van der Waals surface area contributed by atoms with Crippen molar-refractivity contribution in [3.8, 4) is 39.7 Å². The van der Waals surface area contributed by atoms with Gasteiger partial charge in [-0.3, -0.25) is 9.78 Å². The summed E-state index contributed by atoms with van der Waals surface area (Å²) in [5.74, 6) is 1.34. The smallest absolute Gasteiger partial charge is 0.153 e. The zero-order valence-corrected chi connectivity index (χ0v) is 15.4. The molecule has 5 heteroatoms. The number of ether oxygens (including phenoxy) is 1. The van der Waals surface area contributed by atoms with E-state index in [1.807, 2.05) is 67.6 Å². The molecule has 0 saturated carbocycles. The predicted molar refractivity (Wildman–Crippen MR) is 109 cm³/mol. The number of aromatic amines is 1. The van der Waals surface area contributed by atoms with Crippen LogP contribution < -0.4 is 4.74 Å². The van der Waals surface area contributed by atoms with Gasteiger partial charge < -0.3 is 9.72 Å². The highest BCUT2D eigenvalue weighted by Crippen LogP contribution is 2.34. The third-order valence-corrected chi connectivity index (χ3v) is 4.43. The molecule has 0 radical (unpaired) electrons.